The maximum absolute atomic E-state index is 9.94. The van der Waals surface area contributed by atoms with Gasteiger partial charge in [0.05, 0.1) is 18.3 Å². The summed E-state index contributed by atoms with van der Waals surface area (Å²) < 4.78 is 5.81. The number of hydrogen-bond acceptors (Lipinski definition) is 3. The summed E-state index contributed by atoms with van der Waals surface area (Å²) in [6, 6.07) is 8.45. The molecule has 2 unspecified atom stereocenters. The molecule has 100 valence electrons. The highest BCUT2D eigenvalue weighted by atomic mass is 16.5. The fourth-order valence-corrected chi connectivity index (χ4v) is 2.24. The monoisotopic (exact) mass is 249 g/mol. The summed E-state index contributed by atoms with van der Waals surface area (Å²) in [5, 5.41) is 13.3. The minimum absolute atomic E-state index is 0.114. The molecule has 0 aromatic heterocycles. The van der Waals surface area contributed by atoms with E-state index in [1.54, 1.807) is 0 Å². The quantitative estimate of drug-likeness (QED) is 0.839. The highest BCUT2D eigenvalue weighted by Gasteiger charge is 2.22. The summed E-state index contributed by atoms with van der Waals surface area (Å²) in [6.07, 6.45) is 1.86. The van der Waals surface area contributed by atoms with Crippen LogP contribution in [0.25, 0.3) is 0 Å². The first-order valence-electron chi connectivity index (χ1n) is 6.75. The average molecular weight is 249 g/mol. The Hall–Kier alpha value is -0.900. The molecule has 0 aliphatic carbocycles. The second-order valence-electron chi connectivity index (χ2n) is 5.29. The van der Waals surface area contributed by atoms with Crippen LogP contribution in [-0.2, 0) is 11.2 Å². The molecule has 0 radical (unpaired) electrons. The maximum Gasteiger partial charge on any atom is 0.0952 e. The van der Waals surface area contributed by atoms with Gasteiger partial charge in [-0.25, -0.2) is 0 Å². The lowest BCUT2D eigenvalue weighted by molar-refractivity contribution is 0.0270. The van der Waals surface area contributed by atoms with E-state index in [0.717, 1.165) is 26.0 Å². The Bertz CT molecular complexity index is 390. The van der Waals surface area contributed by atoms with E-state index in [1.165, 1.54) is 11.1 Å². The van der Waals surface area contributed by atoms with Gasteiger partial charge in [-0.3, -0.25) is 0 Å². The molecule has 2 atom stereocenters. The molecule has 2 rings (SSSR count). The molecule has 2 N–H and O–H groups in total. The van der Waals surface area contributed by atoms with Crippen molar-refractivity contribution in [2.75, 3.05) is 19.7 Å². The van der Waals surface area contributed by atoms with Gasteiger partial charge in [-0.1, -0.05) is 31.2 Å². The van der Waals surface area contributed by atoms with Gasteiger partial charge in [0, 0.05) is 13.1 Å². The predicted octanol–water partition coefficient (Wildman–Crippen LogP) is 2.05. The van der Waals surface area contributed by atoms with Gasteiger partial charge in [0.1, 0.15) is 0 Å². The van der Waals surface area contributed by atoms with Gasteiger partial charge in [-0.15, -0.1) is 0 Å². The van der Waals surface area contributed by atoms with Crippen LogP contribution >= 0.6 is 0 Å². The summed E-state index contributed by atoms with van der Waals surface area (Å²) in [6.45, 7) is 6.00. The number of benzene rings is 1. The molecule has 1 heterocycles. The first-order valence-corrected chi connectivity index (χ1v) is 6.75. The van der Waals surface area contributed by atoms with Crippen molar-refractivity contribution in [3.05, 3.63) is 35.4 Å². The number of nitrogens with one attached hydrogen (secondary N) is 1. The molecular formula is C15H23NO2. The van der Waals surface area contributed by atoms with Gasteiger partial charge < -0.3 is 15.2 Å². The van der Waals surface area contributed by atoms with Gasteiger partial charge in [-0.05, 0) is 30.9 Å². The van der Waals surface area contributed by atoms with Gasteiger partial charge in [0.2, 0.25) is 0 Å². The fraction of sp³-hybridized carbons (Fsp3) is 0.600. The SMILES string of the molecule is CCC(C)(O)CNCC1OCCc2ccccc21. The van der Waals surface area contributed by atoms with Gasteiger partial charge >= 0.3 is 0 Å². The number of aliphatic hydroxyl groups is 1. The van der Waals surface area contributed by atoms with Crippen LogP contribution in [0.5, 0.6) is 0 Å². The third-order valence-corrected chi connectivity index (χ3v) is 3.69. The third kappa shape index (κ3) is 3.31. The van der Waals surface area contributed by atoms with Crippen molar-refractivity contribution in [2.24, 2.45) is 0 Å². The predicted molar refractivity (Wildman–Crippen MR) is 72.6 cm³/mol. The minimum atomic E-state index is -0.631. The molecule has 0 spiro atoms. The van der Waals surface area contributed by atoms with Crippen molar-refractivity contribution in [1.29, 1.82) is 0 Å². The molecule has 0 amide bonds. The van der Waals surface area contributed by atoms with Crippen molar-refractivity contribution < 1.29 is 9.84 Å². The fourth-order valence-electron chi connectivity index (χ4n) is 2.24. The molecule has 0 fully saturated rings. The molecule has 1 aromatic rings. The average Bonchev–Trinajstić information content (AvgIpc) is 2.39. The molecular weight excluding hydrogens is 226 g/mol. The van der Waals surface area contributed by atoms with Crippen molar-refractivity contribution >= 4 is 0 Å². The maximum atomic E-state index is 9.94. The lowest BCUT2D eigenvalue weighted by Gasteiger charge is -2.28. The lowest BCUT2D eigenvalue weighted by Crippen LogP contribution is -2.39. The van der Waals surface area contributed by atoms with E-state index < -0.39 is 5.60 Å². The Kier molecular flexibility index (Phi) is 4.38. The summed E-state index contributed by atoms with van der Waals surface area (Å²) in [5.41, 5.74) is 2.04. The Morgan fingerprint density at radius 3 is 3.00 bits per heavy atom. The van der Waals surface area contributed by atoms with E-state index in [0.29, 0.717) is 6.54 Å². The summed E-state index contributed by atoms with van der Waals surface area (Å²) in [7, 11) is 0. The van der Waals surface area contributed by atoms with Crippen molar-refractivity contribution in [3.63, 3.8) is 0 Å². The van der Waals surface area contributed by atoms with Crippen LogP contribution in [0.4, 0.5) is 0 Å². The van der Waals surface area contributed by atoms with E-state index in [2.05, 4.69) is 29.6 Å². The Morgan fingerprint density at radius 1 is 1.44 bits per heavy atom. The Balaban J connectivity index is 1.92. The zero-order valence-electron chi connectivity index (χ0n) is 11.3. The molecule has 3 heteroatoms. The smallest absolute Gasteiger partial charge is 0.0952 e. The molecule has 18 heavy (non-hydrogen) atoms. The van der Waals surface area contributed by atoms with Crippen LogP contribution in [0.3, 0.4) is 0 Å². The number of fused-ring (bicyclic) bond motifs is 1. The van der Waals surface area contributed by atoms with Gasteiger partial charge in [-0.2, -0.15) is 0 Å². The van der Waals surface area contributed by atoms with Crippen molar-refractivity contribution in [3.8, 4) is 0 Å². The van der Waals surface area contributed by atoms with Crippen LogP contribution < -0.4 is 5.32 Å². The molecule has 1 aliphatic rings. The third-order valence-electron chi connectivity index (χ3n) is 3.69. The van der Waals surface area contributed by atoms with E-state index in [1.807, 2.05) is 13.8 Å². The van der Waals surface area contributed by atoms with E-state index in [4.69, 9.17) is 4.74 Å². The van der Waals surface area contributed by atoms with Gasteiger partial charge in [0.15, 0.2) is 0 Å². The topological polar surface area (TPSA) is 41.5 Å². The summed E-state index contributed by atoms with van der Waals surface area (Å²) in [5.74, 6) is 0. The van der Waals surface area contributed by atoms with E-state index in [9.17, 15) is 5.11 Å². The van der Waals surface area contributed by atoms with Crippen molar-refractivity contribution in [1.82, 2.24) is 5.32 Å². The standard InChI is InChI=1S/C15H23NO2/c1-3-15(2,17)11-16-10-14-13-7-5-4-6-12(13)8-9-18-14/h4-7,14,16-17H,3,8-11H2,1-2H3. The van der Waals surface area contributed by atoms with E-state index in [-0.39, 0.29) is 6.10 Å². The van der Waals surface area contributed by atoms with Crippen molar-refractivity contribution in [2.45, 2.75) is 38.4 Å². The highest BCUT2D eigenvalue weighted by molar-refractivity contribution is 5.31. The lowest BCUT2D eigenvalue weighted by atomic mass is 9.97. The molecule has 0 saturated heterocycles. The Morgan fingerprint density at radius 2 is 2.22 bits per heavy atom. The normalized spacial score (nSPS) is 22.3. The van der Waals surface area contributed by atoms with Crippen LogP contribution in [-0.4, -0.2) is 30.4 Å². The minimum Gasteiger partial charge on any atom is -0.389 e. The summed E-state index contributed by atoms with van der Waals surface area (Å²) >= 11 is 0. The second-order valence-corrected chi connectivity index (χ2v) is 5.29. The van der Waals surface area contributed by atoms with E-state index >= 15 is 0 Å². The van der Waals surface area contributed by atoms with Gasteiger partial charge in [0.25, 0.3) is 0 Å². The number of ether oxygens (including phenoxy) is 1. The Labute approximate surface area is 109 Å². The zero-order chi connectivity index (χ0) is 13.0. The largest absolute Gasteiger partial charge is 0.389 e. The van der Waals surface area contributed by atoms with Crippen LogP contribution in [0.2, 0.25) is 0 Å². The zero-order valence-corrected chi connectivity index (χ0v) is 11.3. The number of hydrogen-bond donors (Lipinski definition) is 2. The second kappa shape index (κ2) is 5.83. The molecule has 0 bridgehead atoms. The van der Waals surface area contributed by atoms with Crippen LogP contribution in [0.15, 0.2) is 24.3 Å². The first-order chi connectivity index (χ1) is 8.62. The number of rotatable bonds is 5. The summed E-state index contributed by atoms with van der Waals surface area (Å²) in [4.78, 5) is 0. The van der Waals surface area contributed by atoms with Crippen LogP contribution in [0.1, 0.15) is 37.5 Å². The molecule has 3 nitrogen and oxygen atoms in total. The molecule has 1 aromatic carbocycles. The molecule has 0 saturated carbocycles. The highest BCUT2D eigenvalue weighted by Crippen LogP contribution is 2.26. The molecule has 1 aliphatic heterocycles. The van der Waals surface area contributed by atoms with Crippen LogP contribution in [0, 0.1) is 0 Å². The first kappa shape index (κ1) is 13.5.